The number of hydrogen-bond acceptors (Lipinski definition) is 4. The fraction of sp³-hybridized carbons (Fsp3) is 0.462. The van der Waals surface area contributed by atoms with Crippen molar-refractivity contribution in [3.8, 4) is 0 Å². The van der Waals surface area contributed by atoms with Crippen LogP contribution in [0.3, 0.4) is 0 Å². The summed E-state index contributed by atoms with van der Waals surface area (Å²) in [7, 11) is 0. The molecule has 0 aromatic carbocycles. The third-order valence-electron chi connectivity index (χ3n) is 2.62. The SMILES string of the molecule is [2H]C(=N[S+]([O-])C(C)(C)C)c1cc2cnn(CC(F)(F)F)c2cn1. The van der Waals surface area contributed by atoms with E-state index in [0.717, 1.165) is 4.68 Å². The van der Waals surface area contributed by atoms with Crippen molar-refractivity contribution in [3.63, 3.8) is 0 Å². The van der Waals surface area contributed by atoms with Crippen LogP contribution < -0.4 is 0 Å². The van der Waals surface area contributed by atoms with Gasteiger partial charge in [-0.15, -0.1) is 0 Å². The lowest BCUT2D eigenvalue weighted by molar-refractivity contribution is -0.141. The topological polar surface area (TPSA) is 66.1 Å². The van der Waals surface area contributed by atoms with Gasteiger partial charge in [-0.2, -0.15) is 18.3 Å². The Morgan fingerprint density at radius 1 is 1.41 bits per heavy atom. The molecule has 0 fully saturated rings. The highest BCUT2D eigenvalue weighted by Crippen LogP contribution is 2.21. The van der Waals surface area contributed by atoms with Crippen molar-refractivity contribution in [1.29, 1.82) is 0 Å². The Bertz CT molecular complexity index is 739. The molecular formula is C13H15F3N4OS. The fourth-order valence-electron chi connectivity index (χ4n) is 1.56. The van der Waals surface area contributed by atoms with Crippen molar-refractivity contribution in [2.45, 2.75) is 38.2 Å². The zero-order chi connectivity index (χ0) is 17.4. The number of hydrogen-bond donors (Lipinski definition) is 0. The molecule has 22 heavy (non-hydrogen) atoms. The Kier molecular flexibility index (Phi) is 4.09. The van der Waals surface area contributed by atoms with Crippen LogP contribution in [0.15, 0.2) is 22.9 Å². The molecule has 0 N–H and O–H groups in total. The molecule has 0 aliphatic carbocycles. The Morgan fingerprint density at radius 2 is 2.09 bits per heavy atom. The third kappa shape index (κ3) is 4.20. The van der Waals surface area contributed by atoms with Gasteiger partial charge in [-0.25, -0.2) is 0 Å². The molecule has 2 rings (SSSR count). The predicted molar refractivity (Wildman–Crippen MR) is 79.1 cm³/mol. The van der Waals surface area contributed by atoms with Crippen LogP contribution in [0.25, 0.3) is 10.9 Å². The summed E-state index contributed by atoms with van der Waals surface area (Å²) in [4.78, 5) is 3.92. The normalized spacial score (nSPS) is 16.0. The van der Waals surface area contributed by atoms with Crippen LogP contribution in [0.4, 0.5) is 13.2 Å². The molecule has 1 unspecified atom stereocenters. The van der Waals surface area contributed by atoms with E-state index in [1.165, 1.54) is 18.5 Å². The maximum absolute atomic E-state index is 12.4. The monoisotopic (exact) mass is 333 g/mol. The highest BCUT2D eigenvalue weighted by molar-refractivity contribution is 7.91. The summed E-state index contributed by atoms with van der Waals surface area (Å²) in [5, 5.41) is 4.08. The van der Waals surface area contributed by atoms with Crippen molar-refractivity contribution in [2.24, 2.45) is 4.40 Å². The van der Waals surface area contributed by atoms with Crippen LogP contribution in [0.5, 0.6) is 0 Å². The molecule has 2 aromatic heterocycles. The van der Waals surface area contributed by atoms with Gasteiger partial charge in [0, 0.05) is 5.39 Å². The number of nitrogens with zero attached hydrogens (tertiary/aromatic N) is 4. The lowest BCUT2D eigenvalue weighted by Gasteiger charge is -2.17. The largest absolute Gasteiger partial charge is 0.591 e. The van der Waals surface area contributed by atoms with Gasteiger partial charge >= 0.3 is 6.18 Å². The molecule has 0 amide bonds. The highest BCUT2D eigenvalue weighted by Gasteiger charge is 2.29. The van der Waals surface area contributed by atoms with Crippen molar-refractivity contribution >= 4 is 28.5 Å². The van der Waals surface area contributed by atoms with Gasteiger partial charge in [0.2, 0.25) is 0 Å². The summed E-state index contributed by atoms with van der Waals surface area (Å²) < 4.78 is 61.0. The summed E-state index contributed by atoms with van der Waals surface area (Å²) in [5.74, 6) is 0. The van der Waals surface area contributed by atoms with Gasteiger partial charge < -0.3 is 4.55 Å². The molecule has 0 saturated heterocycles. The number of fused-ring (bicyclic) bond motifs is 1. The molecule has 0 radical (unpaired) electrons. The number of aromatic nitrogens is 3. The average Bonchev–Trinajstić information content (AvgIpc) is 2.78. The van der Waals surface area contributed by atoms with E-state index in [4.69, 9.17) is 1.37 Å². The quantitative estimate of drug-likeness (QED) is 0.641. The first kappa shape index (κ1) is 15.3. The molecule has 2 aromatic rings. The van der Waals surface area contributed by atoms with E-state index in [9.17, 15) is 17.7 Å². The molecule has 2 heterocycles. The number of pyridine rings is 1. The van der Waals surface area contributed by atoms with Gasteiger partial charge in [0.25, 0.3) is 0 Å². The first-order valence-electron chi connectivity index (χ1n) is 6.83. The fourth-order valence-corrected chi connectivity index (χ4v) is 2.01. The van der Waals surface area contributed by atoms with Gasteiger partial charge in [0.05, 0.1) is 25.0 Å². The maximum atomic E-state index is 12.4. The summed E-state index contributed by atoms with van der Waals surface area (Å²) in [6.45, 7) is 3.94. The van der Waals surface area contributed by atoms with E-state index < -0.39 is 28.8 Å². The van der Waals surface area contributed by atoms with E-state index >= 15 is 0 Å². The van der Waals surface area contributed by atoms with E-state index in [1.54, 1.807) is 20.8 Å². The Balaban J connectivity index is 2.33. The number of alkyl halides is 3. The zero-order valence-electron chi connectivity index (χ0n) is 13.2. The van der Waals surface area contributed by atoms with Gasteiger partial charge in [0.1, 0.15) is 28.8 Å². The van der Waals surface area contributed by atoms with Gasteiger partial charge in [-0.1, -0.05) is 4.40 Å². The predicted octanol–water partition coefficient (Wildman–Crippen LogP) is 2.87. The van der Waals surface area contributed by atoms with Crippen molar-refractivity contribution in [2.75, 3.05) is 0 Å². The van der Waals surface area contributed by atoms with Crippen LogP contribution >= 0.6 is 0 Å². The lowest BCUT2D eigenvalue weighted by Crippen LogP contribution is -2.25. The summed E-state index contributed by atoms with van der Waals surface area (Å²) >= 11 is -1.62. The molecule has 9 heteroatoms. The van der Waals surface area contributed by atoms with Crippen molar-refractivity contribution < 1.29 is 19.1 Å². The highest BCUT2D eigenvalue weighted by atomic mass is 32.2. The second-order valence-corrected chi connectivity index (χ2v) is 7.52. The second kappa shape index (κ2) is 5.88. The van der Waals surface area contributed by atoms with Crippen LogP contribution in [-0.2, 0) is 17.9 Å². The molecule has 0 bridgehead atoms. The molecule has 5 nitrogen and oxygen atoms in total. The Labute approximate surface area is 130 Å². The van der Waals surface area contributed by atoms with Gasteiger partial charge in [-0.05, 0) is 26.8 Å². The van der Waals surface area contributed by atoms with Crippen LogP contribution in [0, 0.1) is 0 Å². The first-order chi connectivity index (χ1) is 10.5. The summed E-state index contributed by atoms with van der Waals surface area (Å²) in [6, 6.07) is 1.40. The van der Waals surface area contributed by atoms with Gasteiger partial charge in [0.15, 0.2) is 0 Å². The third-order valence-corrected chi connectivity index (χ3v) is 3.93. The summed E-state index contributed by atoms with van der Waals surface area (Å²) in [5.41, 5.74) is 0.331. The van der Waals surface area contributed by atoms with E-state index in [1.807, 2.05) is 0 Å². The molecule has 0 saturated carbocycles. The lowest BCUT2D eigenvalue weighted by atomic mass is 10.3. The minimum Gasteiger partial charge on any atom is -0.591 e. The molecule has 0 aliphatic rings. The van der Waals surface area contributed by atoms with Crippen LogP contribution in [0.2, 0.25) is 0 Å². The number of rotatable bonds is 3. The number of halogens is 3. The maximum Gasteiger partial charge on any atom is 0.408 e. The minimum atomic E-state index is -4.39. The first-order valence-corrected chi connectivity index (χ1v) is 7.44. The van der Waals surface area contributed by atoms with Crippen molar-refractivity contribution in [1.82, 2.24) is 14.8 Å². The van der Waals surface area contributed by atoms with Crippen molar-refractivity contribution in [3.05, 3.63) is 24.2 Å². The van der Waals surface area contributed by atoms with Crippen LogP contribution in [-0.4, -0.2) is 36.4 Å². The minimum absolute atomic E-state index is 0.127. The average molecular weight is 333 g/mol. The molecule has 0 aliphatic heterocycles. The zero-order valence-corrected chi connectivity index (χ0v) is 13.0. The summed E-state index contributed by atoms with van der Waals surface area (Å²) in [6.07, 6.45) is -2.21. The van der Waals surface area contributed by atoms with E-state index in [2.05, 4.69) is 14.5 Å². The standard InChI is InChI=1S/C13H15F3N4OS/c1-12(2,3)22(21)19-6-10-4-9-5-18-20(8-13(14,15)16)11(9)7-17-10/h4-7H,8H2,1-3H3/i6D. The smallest absolute Gasteiger partial charge is 0.408 e. The van der Waals surface area contributed by atoms with Gasteiger partial charge in [-0.3, -0.25) is 9.67 Å². The molecule has 0 spiro atoms. The second-order valence-electron chi connectivity index (χ2n) is 5.61. The Hall–Kier alpha value is -1.61. The van der Waals surface area contributed by atoms with Crippen LogP contribution in [0.1, 0.15) is 27.8 Å². The Morgan fingerprint density at radius 3 is 2.68 bits per heavy atom. The molecular weight excluding hydrogens is 317 g/mol. The van der Waals surface area contributed by atoms with E-state index in [0.29, 0.717) is 5.39 Å². The van der Waals surface area contributed by atoms with E-state index in [-0.39, 0.29) is 17.4 Å². The molecule has 120 valence electrons. The molecule has 1 atom stereocenters.